The Kier molecular flexibility index (Phi) is 9.06. The number of hydrogen-bond acceptors (Lipinski definition) is 10. The van der Waals surface area contributed by atoms with Gasteiger partial charge in [-0.05, 0) is 36.3 Å². The van der Waals surface area contributed by atoms with Gasteiger partial charge in [0.1, 0.15) is 25.4 Å². The lowest BCUT2D eigenvalue weighted by Crippen LogP contribution is -2.55. The number of fused-ring (bicyclic) bond motifs is 1. The van der Waals surface area contributed by atoms with E-state index in [0.29, 0.717) is 4.57 Å². The van der Waals surface area contributed by atoms with Gasteiger partial charge in [-0.1, -0.05) is 41.5 Å². The molecule has 0 radical (unpaired) electrons. The smallest absolute Gasteiger partial charge is 0.356 e. The molecule has 2 heterocycles. The number of imidazole rings is 1. The average Bonchev–Trinajstić information content (AvgIpc) is 3.16. The second kappa shape index (κ2) is 10.7. The maximum absolute atomic E-state index is 15.7. The third kappa shape index (κ3) is 6.77. The van der Waals surface area contributed by atoms with Crippen LogP contribution in [0.4, 0.5) is 14.6 Å². The SMILES string of the molecule is CC(C)(C)[Si](C)(C)OOC[C@@H](O)[C@@H](OO[Si](C)(C)C(C)(C)C)C(F)(F)C(=O)n1cnc2c(N)ncnc21. The van der Waals surface area contributed by atoms with Crippen LogP contribution in [0.25, 0.3) is 11.2 Å². The Hall–Kier alpha value is -1.89. The summed E-state index contributed by atoms with van der Waals surface area (Å²) >= 11 is 0. The second-order valence-electron chi connectivity index (χ2n) is 12.0. The number of hydrogen-bond donors (Lipinski definition) is 2. The molecule has 0 saturated carbocycles. The van der Waals surface area contributed by atoms with Crippen LogP contribution in [-0.2, 0) is 18.9 Å². The molecule has 3 N–H and O–H groups in total. The molecule has 0 aliphatic carbocycles. The van der Waals surface area contributed by atoms with Gasteiger partial charge in [0.15, 0.2) is 23.1 Å². The van der Waals surface area contributed by atoms with Crippen molar-refractivity contribution in [2.24, 2.45) is 0 Å². The van der Waals surface area contributed by atoms with Crippen LogP contribution in [-0.4, -0.2) is 71.9 Å². The van der Waals surface area contributed by atoms with Crippen molar-refractivity contribution < 1.29 is 37.6 Å². The van der Waals surface area contributed by atoms with E-state index >= 15 is 8.78 Å². The number of aliphatic hydroxyl groups is 1. The van der Waals surface area contributed by atoms with E-state index in [1.165, 1.54) is 0 Å². The summed E-state index contributed by atoms with van der Waals surface area (Å²) in [6.07, 6.45) is -2.55. The summed E-state index contributed by atoms with van der Waals surface area (Å²) in [7, 11) is -5.15. The fraction of sp³-hybridized carbons (Fsp3) is 0.727. The van der Waals surface area contributed by atoms with E-state index < -0.39 is 52.3 Å². The van der Waals surface area contributed by atoms with E-state index in [4.69, 9.17) is 24.7 Å². The lowest BCUT2D eigenvalue weighted by atomic mass is 10.1. The molecule has 2 rings (SSSR count). The third-order valence-electron chi connectivity index (χ3n) is 7.05. The normalized spacial score (nSPS) is 15.7. The molecule has 0 spiro atoms. The number of carbonyl (C=O) groups is 1. The maximum Gasteiger partial charge on any atom is 0.356 e. The van der Waals surface area contributed by atoms with Gasteiger partial charge in [0.2, 0.25) is 16.6 Å². The van der Waals surface area contributed by atoms with Gasteiger partial charge < -0.3 is 10.8 Å². The molecule has 0 bridgehead atoms. The van der Waals surface area contributed by atoms with Gasteiger partial charge in [0.25, 0.3) is 0 Å². The molecule has 0 aliphatic rings. The Morgan fingerprint density at radius 1 is 1.03 bits per heavy atom. The largest absolute Gasteiger partial charge is 0.387 e. The van der Waals surface area contributed by atoms with Gasteiger partial charge in [0, 0.05) is 0 Å². The van der Waals surface area contributed by atoms with E-state index in [1.807, 2.05) is 54.6 Å². The molecule has 2 atom stereocenters. The van der Waals surface area contributed by atoms with E-state index in [9.17, 15) is 9.90 Å². The van der Waals surface area contributed by atoms with Crippen molar-refractivity contribution in [2.75, 3.05) is 12.3 Å². The first kappa shape index (κ1) is 31.3. The first-order valence-electron chi connectivity index (χ1n) is 11.8. The van der Waals surface area contributed by atoms with Gasteiger partial charge in [-0.2, -0.15) is 8.78 Å². The third-order valence-corrected chi connectivity index (χ3v) is 15.3. The van der Waals surface area contributed by atoms with Crippen LogP contribution in [0.1, 0.15) is 46.3 Å². The van der Waals surface area contributed by atoms with Gasteiger partial charge in [-0.3, -0.25) is 13.9 Å². The van der Waals surface area contributed by atoms with Gasteiger partial charge in [-0.25, -0.2) is 29.3 Å². The molecule has 37 heavy (non-hydrogen) atoms. The number of nitrogens with two attached hydrogens (primary N) is 1. The van der Waals surface area contributed by atoms with E-state index in [0.717, 1.165) is 12.7 Å². The standard InChI is InChI=1S/C22H39F2N5O6Si2/c1-20(2,3)36(7,8)34-32-11-14(30)16(33-35-37(9,10)21(4,5)6)22(23,24)19(31)29-13-28-15-17(25)26-12-27-18(15)29/h12-14,16,30H,11H2,1-10H3,(H2,25,26,27)/t14-,16-/m1/s1. The summed E-state index contributed by atoms with van der Waals surface area (Å²) in [6.45, 7) is 18.2. The maximum atomic E-state index is 15.7. The highest BCUT2D eigenvalue weighted by Crippen LogP contribution is 2.39. The molecular weight excluding hydrogens is 524 g/mol. The average molecular weight is 564 g/mol. The van der Waals surface area contributed by atoms with Crippen LogP contribution in [0.3, 0.4) is 0 Å². The van der Waals surface area contributed by atoms with Crippen LogP contribution < -0.4 is 5.73 Å². The molecular formula is C22H39F2N5O6Si2. The number of carbonyl (C=O) groups excluding carboxylic acids is 1. The quantitative estimate of drug-likeness (QED) is 0.244. The molecule has 2 aromatic rings. The molecule has 0 saturated heterocycles. The van der Waals surface area contributed by atoms with Crippen molar-refractivity contribution in [3.05, 3.63) is 12.7 Å². The first-order chi connectivity index (χ1) is 16.6. The van der Waals surface area contributed by atoms with Gasteiger partial charge in [-0.15, -0.1) is 0 Å². The fourth-order valence-electron chi connectivity index (χ4n) is 2.41. The topological polar surface area (TPSA) is 144 Å². The molecule has 0 aromatic carbocycles. The molecule has 210 valence electrons. The van der Waals surface area contributed by atoms with Gasteiger partial charge in [0.05, 0.1) is 0 Å². The van der Waals surface area contributed by atoms with Crippen LogP contribution >= 0.6 is 0 Å². The molecule has 0 amide bonds. The summed E-state index contributed by atoms with van der Waals surface area (Å²) in [5, 5.41) is 10.1. The predicted molar refractivity (Wildman–Crippen MR) is 139 cm³/mol. The molecule has 2 aromatic heterocycles. The van der Waals surface area contributed by atoms with Crippen molar-refractivity contribution in [1.29, 1.82) is 0 Å². The highest BCUT2D eigenvalue weighted by atomic mass is 28.4. The van der Waals surface area contributed by atoms with Crippen molar-refractivity contribution in [2.45, 2.75) is 95.9 Å². The highest BCUT2D eigenvalue weighted by Gasteiger charge is 2.55. The van der Waals surface area contributed by atoms with Crippen molar-refractivity contribution in [1.82, 2.24) is 19.5 Å². The number of halogens is 2. The molecule has 0 unspecified atom stereocenters. The molecule has 0 aliphatic heterocycles. The number of aromatic nitrogens is 4. The minimum absolute atomic E-state index is 0.0201. The van der Waals surface area contributed by atoms with Crippen LogP contribution in [0.2, 0.25) is 36.3 Å². The zero-order chi connectivity index (χ0) is 28.6. The number of rotatable bonds is 10. The Morgan fingerprint density at radius 3 is 2.11 bits per heavy atom. The fourth-order valence-corrected chi connectivity index (χ4v) is 3.62. The molecule has 0 fully saturated rings. The Morgan fingerprint density at radius 2 is 1.57 bits per heavy atom. The lowest BCUT2D eigenvalue weighted by molar-refractivity contribution is -0.331. The summed E-state index contributed by atoms with van der Waals surface area (Å²) in [5.74, 6) is -6.12. The predicted octanol–water partition coefficient (Wildman–Crippen LogP) is 4.32. The van der Waals surface area contributed by atoms with Crippen LogP contribution in [0.15, 0.2) is 12.7 Å². The zero-order valence-electron chi connectivity index (χ0n) is 23.1. The monoisotopic (exact) mass is 563 g/mol. The number of nitrogens with zero attached hydrogens (tertiary/aromatic N) is 4. The van der Waals surface area contributed by atoms with E-state index in [1.54, 1.807) is 13.1 Å². The van der Waals surface area contributed by atoms with Crippen LogP contribution in [0, 0.1) is 0 Å². The van der Waals surface area contributed by atoms with Gasteiger partial charge >= 0.3 is 11.8 Å². The summed E-state index contributed by atoms with van der Waals surface area (Å²) in [5.41, 5.74) is 5.48. The van der Waals surface area contributed by atoms with Crippen molar-refractivity contribution in [3.8, 4) is 0 Å². The summed E-state index contributed by atoms with van der Waals surface area (Å²) in [6, 6.07) is 0. The Balaban J connectivity index is 2.36. The highest BCUT2D eigenvalue weighted by molar-refractivity contribution is 6.74. The van der Waals surface area contributed by atoms with Crippen molar-refractivity contribution in [3.63, 3.8) is 0 Å². The van der Waals surface area contributed by atoms with Crippen LogP contribution in [0.5, 0.6) is 0 Å². The number of alkyl halides is 2. The van der Waals surface area contributed by atoms with E-state index in [-0.39, 0.29) is 22.0 Å². The lowest BCUT2D eigenvalue weighted by Gasteiger charge is -2.38. The van der Waals surface area contributed by atoms with E-state index in [2.05, 4.69) is 15.0 Å². The summed E-state index contributed by atoms with van der Waals surface area (Å²) < 4.78 is 43.1. The molecule has 11 nitrogen and oxygen atoms in total. The van der Waals surface area contributed by atoms with Crippen molar-refractivity contribution >= 4 is 39.5 Å². The molecule has 15 heteroatoms. The zero-order valence-corrected chi connectivity index (χ0v) is 25.1. The number of anilines is 1. The Labute approximate surface area is 217 Å². The Bertz CT molecular complexity index is 1100. The first-order valence-corrected chi connectivity index (χ1v) is 17.6. The number of nitrogen functional groups attached to an aromatic ring is 1. The second-order valence-corrected chi connectivity index (χ2v) is 21.4. The number of aliphatic hydroxyl groups excluding tert-OH is 1. The minimum Gasteiger partial charge on any atom is -0.387 e. The summed E-state index contributed by atoms with van der Waals surface area (Å²) in [4.78, 5) is 34.9. The minimum atomic E-state index is -4.30.